The monoisotopic (exact) mass is 322 g/mol. The van der Waals surface area contributed by atoms with Crippen molar-refractivity contribution in [1.82, 2.24) is 19.0 Å². The van der Waals surface area contributed by atoms with Crippen molar-refractivity contribution in [1.29, 1.82) is 0 Å². The average Bonchev–Trinajstić information content (AvgIpc) is 2.42. The van der Waals surface area contributed by atoms with Crippen LogP contribution in [0, 0.1) is 0 Å². The number of hydrogen-bond acceptors (Lipinski definition) is 4. The van der Waals surface area contributed by atoms with Crippen LogP contribution in [0.4, 0.5) is 0 Å². The molecule has 0 aromatic carbocycles. The van der Waals surface area contributed by atoms with Gasteiger partial charge in [-0.05, 0) is 20.8 Å². The van der Waals surface area contributed by atoms with Crippen molar-refractivity contribution in [2.24, 2.45) is 0 Å². The number of carbonyl (C=O) groups excluding carboxylic acids is 1. The molecule has 0 atom stereocenters. The molecule has 8 nitrogen and oxygen atoms in total. The Hall–Kier alpha value is -2.64. The minimum Gasteiger partial charge on any atom is -0.350 e. The molecule has 0 bridgehead atoms. The standard InChI is InChI=1S/C15H22N4O4/c1-6-8-17-12(21)18(9-7-2)14(23)19(13(17)22)10-11(20)16-15(3,4)5/h6-7H,1-2,8-10H2,3-5H3,(H,16,20). The predicted octanol–water partition coefficient (Wildman–Crippen LogP) is -0.542. The highest BCUT2D eigenvalue weighted by Gasteiger charge is 2.19. The third-order valence-electron chi connectivity index (χ3n) is 2.82. The van der Waals surface area contributed by atoms with E-state index in [1.807, 2.05) is 0 Å². The van der Waals surface area contributed by atoms with Crippen LogP contribution in [0.3, 0.4) is 0 Å². The normalized spacial score (nSPS) is 11.1. The maximum Gasteiger partial charge on any atom is 0.337 e. The molecular formula is C15H22N4O4. The average molecular weight is 322 g/mol. The SMILES string of the molecule is C=CCn1c(=O)n(CC=C)c(=O)n(CC(=O)NC(C)(C)C)c1=O. The molecule has 0 aliphatic carbocycles. The summed E-state index contributed by atoms with van der Waals surface area (Å²) in [5, 5.41) is 2.67. The van der Waals surface area contributed by atoms with Crippen molar-refractivity contribution in [2.45, 2.75) is 45.9 Å². The van der Waals surface area contributed by atoms with E-state index >= 15 is 0 Å². The number of hydrogen-bond donors (Lipinski definition) is 1. The number of rotatable bonds is 6. The summed E-state index contributed by atoms with van der Waals surface area (Å²) in [6, 6.07) is 0. The zero-order valence-corrected chi connectivity index (χ0v) is 13.7. The second-order valence-corrected chi connectivity index (χ2v) is 6.03. The molecule has 0 radical (unpaired) electrons. The summed E-state index contributed by atoms with van der Waals surface area (Å²) in [6.07, 6.45) is 2.73. The Labute approximate surface area is 133 Å². The summed E-state index contributed by atoms with van der Waals surface area (Å²) in [7, 11) is 0. The van der Waals surface area contributed by atoms with Crippen LogP contribution in [0.25, 0.3) is 0 Å². The summed E-state index contributed by atoms with van der Waals surface area (Å²) in [4.78, 5) is 48.8. The highest BCUT2D eigenvalue weighted by molar-refractivity contribution is 5.76. The number of amides is 1. The van der Waals surface area contributed by atoms with Gasteiger partial charge >= 0.3 is 17.1 Å². The van der Waals surface area contributed by atoms with E-state index in [0.717, 1.165) is 13.7 Å². The van der Waals surface area contributed by atoms with Crippen molar-refractivity contribution in [3.05, 3.63) is 56.8 Å². The van der Waals surface area contributed by atoms with E-state index in [-0.39, 0.29) is 13.1 Å². The minimum atomic E-state index is -0.843. The van der Waals surface area contributed by atoms with Crippen LogP contribution in [0.2, 0.25) is 0 Å². The fraction of sp³-hybridized carbons (Fsp3) is 0.467. The van der Waals surface area contributed by atoms with Gasteiger partial charge in [-0.1, -0.05) is 12.2 Å². The van der Waals surface area contributed by atoms with Gasteiger partial charge in [-0.15, -0.1) is 13.2 Å². The fourth-order valence-corrected chi connectivity index (χ4v) is 1.99. The lowest BCUT2D eigenvalue weighted by molar-refractivity contribution is -0.123. The molecule has 1 N–H and O–H groups in total. The van der Waals surface area contributed by atoms with Crippen LogP contribution in [-0.4, -0.2) is 25.1 Å². The van der Waals surface area contributed by atoms with E-state index in [1.54, 1.807) is 20.8 Å². The van der Waals surface area contributed by atoms with E-state index in [4.69, 9.17) is 0 Å². The van der Waals surface area contributed by atoms with Gasteiger partial charge in [-0.3, -0.25) is 4.79 Å². The molecule has 126 valence electrons. The van der Waals surface area contributed by atoms with Crippen LogP contribution in [0.5, 0.6) is 0 Å². The van der Waals surface area contributed by atoms with Gasteiger partial charge in [-0.2, -0.15) is 0 Å². The summed E-state index contributed by atoms with van der Waals surface area (Å²) in [5.74, 6) is -0.495. The number of carbonyl (C=O) groups is 1. The first-order chi connectivity index (χ1) is 10.6. The van der Waals surface area contributed by atoms with Gasteiger partial charge in [0.15, 0.2) is 0 Å². The quantitative estimate of drug-likeness (QED) is 0.712. The molecule has 0 saturated heterocycles. The molecular weight excluding hydrogens is 300 g/mol. The predicted molar refractivity (Wildman–Crippen MR) is 87.5 cm³/mol. The van der Waals surface area contributed by atoms with Crippen molar-refractivity contribution < 1.29 is 4.79 Å². The zero-order chi connectivity index (χ0) is 17.8. The molecule has 0 spiro atoms. The van der Waals surface area contributed by atoms with Crippen LogP contribution < -0.4 is 22.4 Å². The Bertz CT molecular complexity index is 741. The molecule has 0 fully saturated rings. The highest BCUT2D eigenvalue weighted by Crippen LogP contribution is 1.97. The largest absolute Gasteiger partial charge is 0.350 e. The smallest absolute Gasteiger partial charge is 0.337 e. The maximum atomic E-state index is 12.3. The molecule has 8 heteroatoms. The van der Waals surface area contributed by atoms with Crippen molar-refractivity contribution in [2.75, 3.05) is 0 Å². The first-order valence-electron chi connectivity index (χ1n) is 7.09. The van der Waals surface area contributed by atoms with Crippen molar-refractivity contribution in [3.63, 3.8) is 0 Å². The van der Waals surface area contributed by atoms with Crippen molar-refractivity contribution >= 4 is 5.91 Å². The second kappa shape index (κ2) is 7.08. The summed E-state index contributed by atoms with van der Waals surface area (Å²) in [6.45, 7) is 11.7. The number of nitrogens with one attached hydrogen (secondary N) is 1. The van der Waals surface area contributed by atoms with Gasteiger partial charge in [-0.25, -0.2) is 28.1 Å². The molecule has 0 aliphatic rings. The topological polar surface area (TPSA) is 95.1 Å². The molecule has 1 amide bonds. The zero-order valence-electron chi connectivity index (χ0n) is 13.7. The minimum absolute atomic E-state index is 0.0595. The van der Waals surface area contributed by atoms with E-state index in [2.05, 4.69) is 18.5 Å². The van der Waals surface area contributed by atoms with Gasteiger partial charge < -0.3 is 5.32 Å². The van der Waals surface area contributed by atoms with Crippen LogP contribution in [0.15, 0.2) is 39.7 Å². The van der Waals surface area contributed by atoms with Gasteiger partial charge in [0.25, 0.3) is 0 Å². The lowest BCUT2D eigenvalue weighted by Crippen LogP contribution is -2.56. The van der Waals surface area contributed by atoms with E-state index < -0.39 is 35.1 Å². The Kier molecular flexibility index (Phi) is 5.67. The highest BCUT2D eigenvalue weighted by atomic mass is 16.2. The first kappa shape index (κ1) is 18.4. The Morgan fingerprint density at radius 2 is 1.35 bits per heavy atom. The summed E-state index contributed by atoms with van der Waals surface area (Å²) >= 11 is 0. The molecule has 1 rings (SSSR count). The fourth-order valence-electron chi connectivity index (χ4n) is 1.99. The van der Waals surface area contributed by atoms with Crippen molar-refractivity contribution in [3.8, 4) is 0 Å². The molecule has 1 aromatic rings. The molecule has 23 heavy (non-hydrogen) atoms. The Morgan fingerprint density at radius 3 is 1.70 bits per heavy atom. The van der Waals surface area contributed by atoms with E-state index in [1.165, 1.54) is 12.2 Å². The maximum absolute atomic E-state index is 12.3. The molecule has 0 saturated carbocycles. The van der Waals surface area contributed by atoms with Crippen LogP contribution in [-0.2, 0) is 24.4 Å². The molecule has 0 aliphatic heterocycles. The van der Waals surface area contributed by atoms with Gasteiger partial charge in [0.1, 0.15) is 6.54 Å². The van der Waals surface area contributed by atoms with Gasteiger partial charge in [0.05, 0.1) is 13.1 Å². The Morgan fingerprint density at radius 1 is 0.957 bits per heavy atom. The summed E-state index contributed by atoms with van der Waals surface area (Å²) < 4.78 is 2.43. The number of aromatic nitrogens is 3. The van der Waals surface area contributed by atoms with Crippen LogP contribution >= 0.6 is 0 Å². The van der Waals surface area contributed by atoms with Crippen LogP contribution in [0.1, 0.15) is 20.8 Å². The second-order valence-electron chi connectivity index (χ2n) is 6.03. The van der Waals surface area contributed by atoms with Gasteiger partial charge in [0.2, 0.25) is 5.91 Å². The Balaban J connectivity index is 3.47. The third kappa shape index (κ3) is 4.41. The van der Waals surface area contributed by atoms with Gasteiger partial charge in [0, 0.05) is 5.54 Å². The van der Waals surface area contributed by atoms with E-state index in [0.29, 0.717) is 0 Å². The third-order valence-corrected chi connectivity index (χ3v) is 2.82. The molecule has 0 unspecified atom stereocenters. The molecule has 1 aromatic heterocycles. The lowest BCUT2D eigenvalue weighted by Gasteiger charge is -2.21. The molecule has 1 heterocycles. The van der Waals surface area contributed by atoms with E-state index in [9.17, 15) is 19.2 Å². The first-order valence-corrected chi connectivity index (χ1v) is 7.09. The number of allylic oxidation sites excluding steroid dienone is 2. The lowest BCUT2D eigenvalue weighted by atomic mass is 10.1. The summed E-state index contributed by atoms with van der Waals surface area (Å²) in [5.41, 5.74) is -2.95. The number of nitrogens with zero attached hydrogens (tertiary/aromatic N) is 3.